The average Bonchev–Trinajstić information content (AvgIpc) is 2.78. The largest absolute Gasteiger partial charge is 0.493 e. The summed E-state index contributed by atoms with van der Waals surface area (Å²) in [5, 5.41) is 12.1. The van der Waals surface area contributed by atoms with Crippen LogP contribution in [0.3, 0.4) is 0 Å². The number of aliphatic hydroxyl groups is 1. The zero-order valence-corrected chi connectivity index (χ0v) is 18.0. The number of ether oxygens (including phenoxy) is 2. The summed E-state index contributed by atoms with van der Waals surface area (Å²) in [6, 6.07) is 10.4. The molecule has 0 spiro atoms. The van der Waals surface area contributed by atoms with Crippen molar-refractivity contribution in [1.29, 1.82) is 0 Å². The first-order valence-corrected chi connectivity index (χ1v) is 9.87. The summed E-state index contributed by atoms with van der Waals surface area (Å²) in [6.07, 6.45) is 0.110. The molecule has 3 rings (SSSR count). The van der Waals surface area contributed by atoms with E-state index in [2.05, 4.69) is 10.3 Å². The van der Waals surface area contributed by atoms with Crippen LogP contribution in [0.5, 0.6) is 11.5 Å². The van der Waals surface area contributed by atoms with E-state index >= 15 is 0 Å². The highest BCUT2D eigenvalue weighted by Crippen LogP contribution is 2.29. The van der Waals surface area contributed by atoms with E-state index in [1.165, 1.54) is 43.1 Å². The number of anilines is 1. The molecular weight excluding hydrogens is 417 g/mol. The smallest absolute Gasteiger partial charge is 0.257 e. The predicted octanol–water partition coefficient (Wildman–Crippen LogP) is 2.55. The summed E-state index contributed by atoms with van der Waals surface area (Å²) in [5.41, 5.74) is 1.27. The summed E-state index contributed by atoms with van der Waals surface area (Å²) in [5.74, 6) is 0.288. The van der Waals surface area contributed by atoms with Gasteiger partial charge in [-0.25, -0.2) is 9.37 Å². The van der Waals surface area contributed by atoms with Crippen molar-refractivity contribution in [1.82, 2.24) is 9.55 Å². The van der Waals surface area contributed by atoms with Crippen LogP contribution in [0.15, 0.2) is 47.3 Å². The first kappa shape index (κ1) is 23.0. The van der Waals surface area contributed by atoms with Gasteiger partial charge in [-0.3, -0.25) is 14.2 Å². The SMILES string of the molecule is COc1ccc(NC(=O)Cn2c(-c3ccc(F)cc3)nc(C)c(CCO)c2=O)cc1OC. The van der Waals surface area contributed by atoms with Crippen molar-refractivity contribution >= 4 is 11.6 Å². The number of benzene rings is 2. The molecule has 0 saturated carbocycles. The minimum absolute atomic E-state index is 0.110. The molecule has 0 radical (unpaired) electrons. The Morgan fingerprint density at radius 2 is 1.81 bits per heavy atom. The molecule has 0 aliphatic carbocycles. The Morgan fingerprint density at radius 3 is 2.44 bits per heavy atom. The van der Waals surface area contributed by atoms with Crippen LogP contribution < -0.4 is 20.3 Å². The molecule has 8 nitrogen and oxygen atoms in total. The quantitative estimate of drug-likeness (QED) is 0.557. The minimum Gasteiger partial charge on any atom is -0.493 e. The molecule has 0 unspecified atom stereocenters. The van der Waals surface area contributed by atoms with Crippen LogP contribution >= 0.6 is 0 Å². The van der Waals surface area contributed by atoms with Crippen molar-refractivity contribution in [2.24, 2.45) is 0 Å². The Kier molecular flexibility index (Phi) is 7.21. The molecule has 32 heavy (non-hydrogen) atoms. The van der Waals surface area contributed by atoms with Gasteiger partial charge >= 0.3 is 0 Å². The third kappa shape index (κ3) is 4.94. The lowest BCUT2D eigenvalue weighted by Gasteiger charge is -2.16. The van der Waals surface area contributed by atoms with E-state index in [1.807, 2.05) is 0 Å². The highest BCUT2D eigenvalue weighted by molar-refractivity contribution is 5.91. The monoisotopic (exact) mass is 441 g/mol. The highest BCUT2D eigenvalue weighted by atomic mass is 19.1. The van der Waals surface area contributed by atoms with Crippen LogP contribution in [0, 0.1) is 12.7 Å². The van der Waals surface area contributed by atoms with Crippen molar-refractivity contribution < 1.29 is 23.8 Å². The normalized spacial score (nSPS) is 10.7. The molecule has 2 aromatic carbocycles. The van der Waals surface area contributed by atoms with Crippen molar-refractivity contribution in [2.45, 2.75) is 19.9 Å². The average molecular weight is 441 g/mol. The third-order valence-electron chi connectivity index (χ3n) is 4.90. The summed E-state index contributed by atoms with van der Waals surface area (Å²) in [4.78, 5) is 30.4. The van der Waals surface area contributed by atoms with E-state index in [9.17, 15) is 19.1 Å². The second-order valence-corrected chi connectivity index (χ2v) is 6.99. The summed E-state index contributed by atoms with van der Waals surface area (Å²) in [6.45, 7) is 1.10. The molecule has 3 aromatic rings. The fraction of sp³-hybridized carbons (Fsp3) is 0.261. The fourth-order valence-corrected chi connectivity index (χ4v) is 3.32. The molecule has 0 aliphatic rings. The topological polar surface area (TPSA) is 103 Å². The number of halogens is 1. The lowest BCUT2D eigenvalue weighted by Crippen LogP contribution is -2.33. The maximum absolute atomic E-state index is 13.4. The van der Waals surface area contributed by atoms with Gasteiger partial charge in [-0.15, -0.1) is 0 Å². The Balaban J connectivity index is 1.98. The molecule has 1 heterocycles. The molecule has 168 valence electrons. The second kappa shape index (κ2) is 10.1. The number of aliphatic hydroxyl groups excluding tert-OH is 1. The van der Waals surface area contributed by atoms with Gasteiger partial charge in [-0.1, -0.05) is 0 Å². The first-order valence-electron chi connectivity index (χ1n) is 9.87. The van der Waals surface area contributed by atoms with Gasteiger partial charge in [0, 0.05) is 41.6 Å². The van der Waals surface area contributed by atoms with Gasteiger partial charge in [0.05, 0.1) is 14.2 Å². The number of nitrogens with one attached hydrogen (secondary N) is 1. The van der Waals surface area contributed by atoms with Crippen molar-refractivity contribution in [3.8, 4) is 22.9 Å². The molecule has 0 aliphatic heterocycles. The Labute approximate surface area is 184 Å². The van der Waals surface area contributed by atoms with Gasteiger partial charge in [0.15, 0.2) is 11.5 Å². The molecule has 0 fully saturated rings. The first-order chi connectivity index (χ1) is 15.4. The van der Waals surface area contributed by atoms with Crippen LogP contribution in [0.25, 0.3) is 11.4 Å². The second-order valence-electron chi connectivity index (χ2n) is 6.99. The highest BCUT2D eigenvalue weighted by Gasteiger charge is 2.18. The van der Waals surface area contributed by atoms with Gasteiger partial charge in [-0.05, 0) is 43.3 Å². The van der Waals surface area contributed by atoms with Crippen molar-refractivity contribution in [2.75, 3.05) is 26.1 Å². The number of hydrogen-bond donors (Lipinski definition) is 2. The molecule has 0 saturated heterocycles. The molecule has 0 bridgehead atoms. The summed E-state index contributed by atoms with van der Waals surface area (Å²) in [7, 11) is 2.99. The van der Waals surface area contributed by atoms with Gasteiger partial charge in [0.1, 0.15) is 18.2 Å². The van der Waals surface area contributed by atoms with Crippen LogP contribution in [0.2, 0.25) is 0 Å². The molecule has 1 amide bonds. The molecule has 9 heteroatoms. The number of amides is 1. The number of methoxy groups -OCH3 is 2. The van der Waals surface area contributed by atoms with Crippen LogP contribution in [-0.4, -0.2) is 41.4 Å². The Morgan fingerprint density at radius 1 is 1.12 bits per heavy atom. The Bertz CT molecular complexity index is 1180. The number of carbonyl (C=O) groups is 1. The zero-order valence-electron chi connectivity index (χ0n) is 18.0. The summed E-state index contributed by atoms with van der Waals surface area (Å²) >= 11 is 0. The number of nitrogens with zero attached hydrogens (tertiary/aromatic N) is 2. The van der Waals surface area contributed by atoms with Gasteiger partial charge < -0.3 is 19.9 Å². The van der Waals surface area contributed by atoms with E-state index in [4.69, 9.17) is 9.47 Å². The van der Waals surface area contributed by atoms with E-state index in [0.717, 1.165) is 0 Å². The van der Waals surface area contributed by atoms with Crippen molar-refractivity contribution in [3.63, 3.8) is 0 Å². The van der Waals surface area contributed by atoms with Gasteiger partial charge in [0.2, 0.25) is 5.91 Å². The number of carbonyl (C=O) groups excluding carboxylic acids is 1. The van der Waals surface area contributed by atoms with Gasteiger partial charge in [0.25, 0.3) is 5.56 Å². The third-order valence-corrected chi connectivity index (χ3v) is 4.90. The van der Waals surface area contributed by atoms with E-state index in [-0.39, 0.29) is 25.4 Å². The van der Waals surface area contributed by atoms with E-state index < -0.39 is 17.3 Å². The lowest BCUT2D eigenvalue weighted by atomic mass is 10.1. The fourth-order valence-electron chi connectivity index (χ4n) is 3.32. The lowest BCUT2D eigenvalue weighted by molar-refractivity contribution is -0.116. The zero-order chi connectivity index (χ0) is 23.3. The predicted molar refractivity (Wildman–Crippen MR) is 118 cm³/mol. The number of aryl methyl sites for hydroxylation is 1. The van der Waals surface area contributed by atoms with E-state index in [1.54, 1.807) is 25.1 Å². The van der Waals surface area contributed by atoms with Gasteiger partial charge in [-0.2, -0.15) is 0 Å². The number of aromatic nitrogens is 2. The van der Waals surface area contributed by atoms with Crippen LogP contribution in [0.1, 0.15) is 11.3 Å². The number of hydrogen-bond acceptors (Lipinski definition) is 6. The van der Waals surface area contributed by atoms with Crippen LogP contribution in [0.4, 0.5) is 10.1 Å². The van der Waals surface area contributed by atoms with Crippen molar-refractivity contribution in [3.05, 3.63) is 69.9 Å². The summed E-state index contributed by atoms with van der Waals surface area (Å²) < 4.78 is 25.0. The maximum atomic E-state index is 13.4. The molecular formula is C23H24FN3O5. The number of rotatable bonds is 8. The minimum atomic E-state index is -0.469. The van der Waals surface area contributed by atoms with Crippen LogP contribution in [-0.2, 0) is 17.8 Å². The molecule has 1 aromatic heterocycles. The van der Waals surface area contributed by atoms with E-state index in [0.29, 0.717) is 34.0 Å². The molecule has 0 atom stereocenters. The maximum Gasteiger partial charge on any atom is 0.257 e. The Hall–Kier alpha value is -3.72. The molecule has 2 N–H and O–H groups in total. The standard InChI is InChI=1S/C23H24FN3O5/c1-14-18(10-11-28)23(30)27(22(25-14)15-4-6-16(24)7-5-15)13-21(29)26-17-8-9-19(31-2)20(12-17)32-3/h4-9,12,28H,10-11,13H2,1-3H3,(H,26,29).